The minimum absolute atomic E-state index is 0.00507. The summed E-state index contributed by atoms with van der Waals surface area (Å²) in [7, 11) is 2.14. The first-order valence-electron chi connectivity index (χ1n) is 8.93. The first-order valence-corrected chi connectivity index (χ1v) is 9.74. The van der Waals surface area contributed by atoms with Gasteiger partial charge >= 0.3 is 0 Å². The molecule has 1 fully saturated rings. The van der Waals surface area contributed by atoms with E-state index in [9.17, 15) is 4.79 Å². The van der Waals surface area contributed by atoms with Crippen LogP contribution < -0.4 is 10.2 Å². The minimum Gasteiger partial charge on any atom is -0.353 e. The molecule has 0 spiro atoms. The number of hydrogen-bond acceptors (Lipinski definition) is 6. The van der Waals surface area contributed by atoms with Crippen LogP contribution in [-0.2, 0) is 0 Å². The van der Waals surface area contributed by atoms with E-state index < -0.39 is 0 Å². The summed E-state index contributed by atoms with van der Waals surface area (Å²) in [5, 5.41) is 4.07. The number of rotatable bonds is 5. The molecule has 2 aromatic heterocycles. The van der Waals surface area contributed by atoms with Crippen molar-refractivity contribution in [3.63, 3.8) is 0 Å². The standard InChI is InChI=1S/C18H27N5OS/c1-12(2)5-6-19-17(24)15-13(3)14-16(20-11-21-18(14)25-15)23-9-7-22(4)8-10-23/h11-12H,5-10H2,1-4H3,(H,19,24). The number of piperazine rings is 1. The summed E-state index contributed by atoms with van der Waals surface area (Å²) in [5.74, 6) is 1.55. The predicted octanol–water partition coefficient (Wildman–Crippen LogP) is 2.53. The smallest absolute Gasteiger partial charge is 0.261 e. The zero-order valence-electron chi connectivity index (χ0n) is 15.5. The molecule has 0 saturated carbocycles. The number of amides is 1. The number of aryl methyl sites for hydroxylation is 1. The first-order chi connectivity index (χ1) is 12.0. The van der Waals surface area contributed by atoms with Gasteiger partial charge in [0.15, 0.2) is 0 Å². The number of anilines is 1. The Balaban J connectivity index is 1.86. The summed E-state index contributed by atoms with van der Waals surface area (Å²) in [5.41, 5.74) is 0.997. The number of fused-ring (bicyclic) bond motifs is 1. The van der Waals surface area contributed by atoms with Gasteiger partial charge in [-0.3, -0.25) is 4.79 Å². The van der Waals surface area contributed by atoms with Crippen molar-refractivity contribution in [2.45, 2.75) is 27.2 Å². The molecule has 7 heteroatoms. The number of nitrogens with one attached hydrogen (secondary N) is 1. The molecule has 136 valence electrons. The van der Waals surface area contributed by atoms with Crippen LogP contribution in [0.5, 0.6) is 0 Å². The molecule has 1 saturated heterocycles. The first kappa shape index (κ1) is 18.1. The van der Waals surface area contributed by atoms with Gasteiger partial charge in [-0.1, -0.05) is 13.8 Å². The lowest BCUT2D eigenvalue weighted by atomic mass is 10.1. The highest BCUT2D eigenvalue weighted by Crippen LogP contribution is 2.35. The van der Waals surface area contributed by atoms with Gasteiger partial charge in [0.2, 0.25) is 0 Å². The molecule has 0 aliphatic carbocycles. The Morgan fingerprint density at radius 2 is 2.00 bits per heavy atom. The van der Waals surface area contributed by atoms with Crippen LogP contribution in [-0.4, -0.2) is 60.5 Å². The molecule has 1 aliphatic heterocycles. The molecule has 0 bridgehead atoms. The molecule has 25 heavy (non-hydrogen) atoms. The summed E-state index contributed by atoms with van der Waals surface area (Å²) in [4.78, 5) is 27.8. The monoisotopic (exact) mass is 361 g/mol. The molecule has 2 aromatic rings. The Hall–Kier alpha value is -1.73. The Kier molecular flexibility index (Phi) is 5.54. The van der Waals surface area contributed by atoms with Crippen molar-refractivity contribution >= 4 is 33.3 Å². The van der Waals surface area contributed by atoms with Crippen LogP contribution in [0, 0.1) is 12.8 Å². The second-order valence-electron chi connectivity index (χ2n) is 7.16. The van der Waals surface area contributed by atoms with Crippen LogP contribution in [0.1, 0.15) is 35.5 Å². The van der Waals surface area contributed by atoms with Gasteiger partial charge < -0.3 is 15.1 Å². The highest BCUT2D eigenvalue weighted by Gasteiger charge is 2.23. The summed E-state index contributed by atoms with van der Waals surface area (Å²) in [6.45, 7) is 11.0. The fourth-order valence-corrected chi connectivity index (χ4v) is 4.14. The zero-order valence-corrected chi connectivity index (χ0v) is 16.3. The van der Waals surface area contributed by atoms with Crippen molar-refractivity contribution in [1.29, 1.82) is 0 Å². The number of hydrogen-bond donors (Lipinski definition) is 1. The van der Waals surface area contributed by atoms with E-state index >= 15 is 0 Å². The molecule has 0 radical (unpaired) electrons. The van der Waals surface area contributed by atoms with E-state index in [-0.39, 0.29) is 5.91 Å². The number of nitrogens with zero attached hydrogens (tertiary/aromatic N) is 4. The normalized spacial score (nSPS) is 16.0. The molecule has 0 unspecified atom stereocenters. The molecule has 1 N–H and O–H groups in total. The molecular formula is C18H27N5OS. The van der Waals surface area contributed by atoms with Crippen molar-refractivity contribution in [1.82, 2.24) is 20.2 Å². The fourth-order valence-electron chi connectivity index (χ4n) is 3.08. The molecule has 3 rings (SSSR count). The third-order valence-electron chi connectivity index (χ3n) is 4.72. The average Bonchev–Trinajstić information content (AvgIpc) is 2.92. The SMILES string of the molecule is Cc1c(C(=O)NCCC(C)C)sc2ncnc(N3CCN(C)CC3)c12. The van der Waals surface area contributed by atoms with Gasteiger partial charge in [0.25, 0.3) is 5.91 Å². The maximum absolute atomic E-state index is 12.6. The molecule has 1 amide bonds. The van der Waals surface area contributed by atoms with Gasteiger partial charge in [-0.2, -0.15) is 0 Å². The van der Waals surface area contributed by atoms with Crippen LogP contribution >= 0.6 is 11.3 Å². The third-order valence-corrected chi connectivity index (χ3v) is 5.92. The van der Waals surface area contributed by atoms with Crippen LogP contribution in [0.25, 0.3) is 10.2 Å². The maximum atomic E-state index is 12.6. The Morgan fingerprint density at radius 1 is 1.28 bits per heavy atom. The Bertz CT molecular complexity index is 749. The van der Waals surface area contributed by atoms with E-state index in [2.05, 4.69) is 46.0 Å². The quantitative estimate of drug-likeness (QED) is 0.887. The number of carbonyl (C=O) groups is 1. The summed E-state index contributed by atoms with van der Waals surface area (Å²) < 4.78 is 0. The molecule has 0 atom stereocenters. The van der Waals surface area contributed by atoms with Gasteiger partial charge in [-0.25, -0.2) is 9.97 Å². The minimum atomic E-state index is 0.00507. The van der Waals surface area contributed by atoms with E-state index in [1.807, 2.05) is 6.92 Å². The summed E-state index contributed by atoms with van der Waals surface area (Å²) in [6, 6.07) is 0. The lowest BCUT2D eigenvalue weighted by Gasteiger charge is -2.33. The molecular weight excluding hydrogens is 334 g/mol. The fraction of sp³-hybridized carbons (Fsp3) is 0.611. The van der Waals surface area contributed by atoms with E-state index in [1.54, 1.807) is 6.33 Å². The zero-order chi connectivity index (χ0) is 18.0. The van der Waals surface area contributed by atoms with E-state index in [4.69, 9.17) is 0 Å². The highest BCUT2D eigenvalue weighted by atomic mass is 32.1. The van der Waals surface area contributed by atoms with Crippen molar-refractivity contribution in [3.05, 3.63) is 16.8 Å². The van der Waals surface area contributed by atoms with E-state index in [1.165, 1.54) is 11.3 Å². The highest BCUT2D eigenvalue weighted by molar-refractivity contribution is 7.20. The maximum Gasteiger partial charge on any atom is 0.261 e. The number of aromatic nitrogens is 2. The van der Waals surface area contributed by atoms with Gasteiger partial charge in [0.05, 0.1) is 10.3 Å². The number of thiophene rings is 1. The Morgan fingerprint density at radius 3 is 2.68 bits per heavy atom. The van der Waals surface area contributed by atoms with Crippen LogP contribution in [0.4, 0.5) is 5.82 Å². The van der Waals surface area contributed by atoms with Crippen LogP contribution in [0.3, 0.4) is 0 Å². The molecule has 6 nitrogen and oxygen atoms in total. The third kappa shape index (κ3) is 3.93. The average molecular weight is 362 g/mol. The lowest BCUT2D eigenvalue weighted by Crippen LogP contribution is -2.44. The van der Waals surface area contributed by atoms with Gasteiger partial charge in [-0.15, -0.1) is 11.3 Å². The van der Waals surface area contributed by atoms with Crippen molar-refractivity contribution < 1.29 is 4.79 Å². The topological polar surface area (TPSA) is 61.4 Å². The lowest BCUT2D eigenvalue weighted by molar-refractivity contribution is 0.0955. The van der Waals surface area contributed by atoms with Gasteiger partial charge in [0.1, 0.15) is 17.0 Å². The molecule has 1 aliphatic rings. The van der Waals surface area contributed by atoms with Crippen molar-refractivity contribution in [3.8, 4) is 0 Å². The number of likely N-dealkylation sites (N-methyl/N-ethyl adjacent to an activating group) is 1. The summed E-state index contributed by atoms with van der Waals surface area (Å²) in [6.07, 6.45) is 2.61. The van der Waals surface area contributed by atoms with Gasteiger partial charge in [0, 0.05) is 32.7 Å². The number of carbonyl (C=O) groups excluding carboxylic acids is 1. The molecule has 0 aromatic carbocycles. The van der Waals surface area contributed by atoms with E-state index in [0.717, 1.165) is 59.1 Å². The van der Waals surface area contributed by atoms with E-state index in [0.29, 0.717) is 12.5 Å². The van der Waals surface area contributed by atoms with Gasteiger partial charge in [-0.05, 0) is 31.9 Å². The Labute approximate surface area is 153 Å². The van der Waals surface area contributed by atoms with Crippen molar-refractivity contribution in [2.24, 2.45) is 5.92 Å². The van der Waals surface area contributed by atoms with Crippen LogP contribution in [0.15, 0.2) is 6.33 Å². The summed E-state index contributed by atoms with van der Waals surface area (Å²) >= 11 is 1.47. The molecule has 3 heterocycles. The largest absolute Gasteiger partial charge is 0.353 e. The second kappa shape index (κ2) is 7.66. The predicted molar refractivity (Wildman–Crippen MR) is 104 cm³/mol. The second-order valence-corrected chi connectivity index (χ2v) is 8.16. The van der Waals surface area contributed by atoms with Crippen molar-refractivity contribution in [2.75, 3.05) is 44.7 Å². The van der Waals surface area contributed by atoms with Crippen LogP contribution in [0.2, 0.25) is 0 Å².